The standard InChI is InChI=1S/C12H18N2O3/c1-8-4-5-10(11(16)13-8)12(17)14(3)7-6-9(2)15/h4-5,9,15H,6-7H2,1-3H3,(H,13,16). The van der Waals surface area contributed by atoms with Crippen LogP contribution in [0.5, 0.6) is 0 Å². The summed E-state index contributed by atoms with van der Waals surface area (Å²) in [6, 6.07) is 3.21. The largest absolute Gasteiger partial charge is 0.393 e. The highest BCUT2D eigenvalue weighted by Crippen LogP contribution is 2.01. The molecule has 94 valence electrons. The van der Waals surface area contributed by atoms with E-state index >= 15 is 0 Å². The lowest BCUT2D eigenvalue weighted by atomic mass is 10.2. The van der Waals surface area contributed by atoms with E-state index in [0.717, 1.165) is 5.69 Å². The molecule has 1 heterocycles. The molecule has 0 aliphatic rings. The fraction of sp³-hybridized carbons (Fsp3) is 0.500. The lowest BCUT2D eigenvalue weighted by molar-refractivity contribution is 0.0767. The molecule has 5 nitrogen and oxygen atoms in total. The number of hydrogen-bond donors (Lipinski definition) is 2. The Balaban J connectivity index is 2.78. The Morgan fingerprint density at radius 1 is 1.53 bits per heavy atom. The monoisotopic (exact) mass is 238 g/mol. The Labute approximate surface area is 100 Å². The van der Waals surface area contributed by atoms with Crippen molar-refractivity contribution in [3.63, 3.8) is 0 Å². The minimum Gasteiger partial charge on any atom is -0.393 e. The number of nitrogens with zero attached hydrogens (tertiary/aromatic N) is 1. The molecule has 1 aromatic heterocycles. The van der Waals surface area contributed by atoms with Crippen molar-refractivity contribution >= 4 is 5.91 Å². The van der Waals surface area contributed by atoms with Gasteiger partial charge in [0.15, 0.2) is 0 Å². The molecule has 1 amide bonds. The lowest BCUT2D eigenvalue weighted by Gasteiger charge is -2.17. The maximum absolute atomic E-state index is 11.9. The quantitative estimate of drug-likeness (QED) is 0.803. The van der Waals surface area contributed by atoms with Gasteiger partial charge in [0, 0.05) is 19.3 Å². The number of H-pyrrole nitrogens is 1. The van der Waals surface area contributed by atoms with Crippen LogP contribution in [0.15, 0.2) is 16.9 Å². The number of aryl methyl sites for hydroxylation is 1. The summed E-state index contributed by atoms with van der Waals surface area (Å²) in [5, 5.41) is 9.14. The number of aliphatic hydroxyl groups is 1. The van der Waals surface area contributed by atoms with Crippen LogP contribution in [0.1, 0.15) is 29.4 Å². The number of aromatic amines is 1. The summed E-state index contributed by atoms with van der Waals surface area (Å²) in [6.45, 7) is 3.84. The Morgan fingerprint density at radius 3 is 2.71 bits per heavy atom. The normalized spacial score (nSPS) is 12.2. The Bertz CT molecular complexity index is 451. The Kier molecular flexibility index (Phi) is 4.45. The zero-order valence-corrected chi connectivity index (χ0v) is 10.4. The number of aliphatic hydroxyl groups excluding tert-OH is 1. The number of rotatable bonds is 4. The predicted molar refractivity (Wildman–Crippen MR) is 65.1 cm³/mol. The van der Waals surface area contributed by atoms with Gasteiger partial charge in [-0.15, -0.1) is 0 Å². The maximum atomic E-state index is 11.9. The van der Waals surface area contributed by atoms with Gasteiger partial charge in [-0.1, -0.05) is 0 Å². The molecule has 1 aromatic rings. The summed E-state index contributed by atoms with van der Waals surface area (Å²) < 4.78 is 0. The van der Waals surface area contributed by atoms with Crippen LogP contribution in [0, 0.1) is 6.92 Å². The van der Waals surface area contributed by atoms with Crippen LogP contribution in [0.3, 0.4) is 0 Å². The van der Waals surface area contributed by atoms with Crippen LogP contribution in [-0.2, 0) is 0 Å². The Morgan fingerprint density at radius 2 is 2.18 bits per heavy atom. The molecule has 0 aromatic carbocycles. The zero-order chi connectivity index (χ0) is 13.0. The second-order valence-electron chi connectivity index (χ2n) is 4.25. The third-order valence-electron chi connectivity index (χ3n) is 2.51. The van der Waals surface area contributed by atoms with Gasteiger partial charge < -0.3 is 15.0 Å². The van der Waals surface area contributed by atoms with E-state index in [1.54, 1.807) is 27.0 Å². The summed E-state index contributed by atoms with van der Waals surface area (Å²) in [5.74, 6) is -0.327. The minimum absolute atomic E-state index is 0.128. The van der Waals surface area contributed by atoms with E-state index in [0.29, 0.717) is 13.0 Å². The summed E-state index contributed by atoms with van der Waals surface area (Å²) in [6.07, 6.45) is 0.0352. The number of amides is 1. The van der Waals surface area contributed by atoms with E-state index in [1.165, 1.54) is 11.0 Å². The molecule has 0 radical (unpaired) electrons. The van der Waals surface area contributed by atoms with Gasteiger partial charge in [0.1, 0.15) is 5.56 Å². The van der Waals surface area contributed by atoms with Gasteiger partial charge in [0.2, 0.25) is 0 Å². The number of nitrogens with one attached hydrogen (secondary N) is 1. The second kappa shape index (κ2) is 5.63. The predicted octanol–water partition coefficient (Wildman–Crippen LogP) is 0.526. The first-order valence-electron chi connectivity index (χ1n) is 5.55. The number of carbonyl (C=O) groups is 1. The number of aromatic nitrogens is 1. The van der Waals surface area contributed by atoms with Gasteiger partial charge >= 0.3 is 0 Å². The van der Waals surface area contributed by atoms with E-state index in [2.05, 4.69) is 4.98 Å². The van der Waals surface area contributed by atoms with Gasteiger partial charge in [-0.2, -0.15) is 0 Å². The van der Waals surface area contributed by atoms with Crippen molar-refractivity contribution in [1.82, 2.24) is 9.88 Å². The van der Waals surface area contributed by atoms with Crippen molar-refractivity contribution < 1.29 is 9.90 Å². The third kappa shape index (κ3) is 3.71. The molecule has 0 saturated heterocycles. The van der Waals surface area contributed by atoms with Crippen LogP contribution < -0.4 is 5.56 Å². The average Bonchev–Trinajstić information content (AvgIpc) is 2.25. The second-order valence-corrected chi connectivity index (χ2v) is 4.25. The fourth-order valence-electron chi connectivity index (χ4n) is 1.43. The maximum Gasteiger partial charge on any atom is 0.260 e. The summed E-state index contributed by atoms with van der Waals surface area (Å²) >= 11 is 0. The van der Waals surface area contributed by atoms with E-state index in [1.807, 2.05) is 0 Å². The molecule has 1 rings (SSSR count). The number of hydrogen-bond acceptors (Lipinski definition) is 3. The molecule has 1 atom stereocenters. The molecule has 17 heavy (non-hydrogen) atoms. The number of carbonyl (C=O) groups excluding carboxylic acids is 1. The molecule has 2 N–H and O–H groups in total. The summed E-state index contributed by atoms with van der Waals surface area (Å²) in [4.78, 5) is 27.5. The minimum atomic E-state index is -0.457. The van der Waals surface area contributed by atoms with Crippen LogP contribution in [0.4, 0.5) is 0 Å². The van der Waals surface area contributed by atoms with Gasteiger partial charge in [-0.25, -0.2) is 0 Å². The van der Waals surface area contributed by atoms with Gasteiger partial charge in [-0.3, -0.25) is 9.59 Å². The molecular weight excluding hydrogens is 220 g/mol. The SMILES string of the molecule is Cc1ccc(C(=O)N(C)CCC(C)O)c(=O)[nH]1. The van der Waals surface area contributed by atoms with E-state index in [9.17, 15) is 9.59 Å². The molecule has 0 bridgehead atoms. The molecule has 5 heteroatoms. The zero-order valence-electron chi connectivity index (χ0n) is 10.4. The third-order valence-corrected chi connectivity index (χ3v) is 2.51. The van der Waals surface area contributed by atoms with Gasteiger partial charge in [0.25, 0.3) is 11.5 Å². The average molecular weight is 238 g/mol. The van der Waals surface area contributed by atoms with Gasteiger partial charge in [0.05, 0.1) is 6.10 Å². The first-order valence-corrected chi connectivity index (χ1v) is 5.55. The van der Waals surface area contributed by atoms with Crippen molar-refractivity contribution in [2.45, 2.75) is 26.4 Å². The topological polar surface area (TPSA) is 73.4 Å². The highest BCUT2D eigenvalue weighted by molar-refractivity contribution is 5.93. The fourth-order valence-corrected chi connectivity index (χ4v) is 1.43. The van der Waals surface area contributed by atoms with Crippen molar-refractivity contribution in [1.29, 1.82) is 0 Å². The van der Waals surface area contributed by atoms with Crippen LogP contribution in [0.25, 0.3) is 0 Å². The van der Waals surface area contributed by atoms with Crippen LogP contribution in [0.2, 0.25) is 0 Å². The molecule has 1 unspecified atom stereocenters. The van der Waals surface area contributed by atoms with Crippen molar-refractivity contribution in [2.75, 3.05) is 13.6 Å². The lowest BCUT2D eigenvalue weighted by Crippen LogP contribution is -2.33. The molecule has 0 fully saturated rings. The first-order chi connectivity index (χ1) is 7.91. The van der Waals surface area contributed by atoms with Crippen LogP contribution in [-0.4, -0.2) is 40.6 Å². The highest BCUT2D eigenvalue weighted by atomic mass is 16.3. The van der Waals surface area contributed by atoms with Crippen molar-refractivity contribution in [3.05, 3.63) is 33.7 Å². The van der Waals surface area contributed by atoms with Crippen molar-refractivity contribution in [3.8, 4) is 0 Å². The van der Waals surface area contributed by atoms with E-state index < -0.39 is 6.10 Å². The summed E-state index contributed by atoms with van der Waals surface area (Å²) in [7, 11) is 1.62. The summed E-state index contributed by atoms with van der Waals surface area (Å²) in [5.41, 5.74) is 0.473. The highest BCUT2D eigenvalue weighted by Gasteiger charge is 2.15. The van der Waals surface area contributed by atoms with E-state index in [4.69, 9.17) is 5.11 Å². The van der Waals surface area contributed by atoms with E-state index in [-0.39, 0.29) is 17.0 Å². The molecule has 0 aliphatic heterocycles. The number of pyridine rings is 1. The van der Waals surface area contributed by atoms with Gasteiger partial charge in [-0.05, 0) is 32.4 Å². The Hall–Kier alpha value is -1.62. The smallest absolute Gasteiger partial charge is 0.260 e. The molecule has 0 aliphatic carbocycles. The van der Waals surface area contributed by atoms with Crippen LogP contribution >= 0.6 is 0 Å². The molecule has 0 spiro atoms. The molecule has 0 saturated carbocycles. The first kappa shape index (κ1) is 13.4. The molecular formula is C12H18N2O3. The van der Waals surface area contributed by atoms with Crippen molar-refractivity contribution in [2.24, 2.45) is 0 Å².